The first kappa shape index (κ1) is 15.2. The van der Waals surface area contributed by atoms with E-state index in [1.165, 1.54) is 4.90 Å². The molecule has 0 bridgehead atoms. The molecule has 0 saturated carbocycles. The minimum Gasteiger partial charge on any atom is -0.410 e. The van der Waals surface area contributed by atoms with Crippen LogP contribution in [0.4, 0.5) is 4.79 Å². The van der Waals surface area contributed by atoms with Crippen LogP contribution in [-0.2, 0) is 0 Å². The molecule has 0 unspecified atom stereocenters. The van der Waals surface area contributed by atoms with Gasteiger partial charge in [0.2, 0.25) is 0 Å². The summed E-state index contributed by atoms with van der Waals surface area (Å²) in [6, 6.07) is 6.01. The molecule has 20 heavy (non-hydrogen) atoms. The Bertz CT molecular complexity index is 488. The number of thioether (sulfide) groups is 1. The molecule has 1 aliphatic heterocycles. The van der Waals surface area contributed by atoms with Crippen molar-refractivity contribution in [2.75, 3.05) is 13.1 Å². The standard InChI is InChI=1S/C16H23NO2S/c1-12-11-13(20-16(2,3)4)7-8-14(12)19-15(18)17-9-5-6-10-17/h7-8,11H,5-6,9-10H2,1-4H3. The Morgan fingerprint density at radius 3 is 2.45 bits per heavy atom. The average Bonchev–Trinajstić information content (AvgIpc) is 2.84. The highest BCUT2D eigenvalue weighted by atomic mass is 32.2. The maximum atomic E-state index is 12.0. The summed E-state index contributed by atoms with van der Waals surface area (Å²) in [5.74, 6) is 0.667. The van der Waals surface area contributed by atoms with Crippen LogP contribution in [0, 0.1) is 6.92 Å². The van der Waals surface area contributed by atoms with E-state index < -0.39 is 0 Å². The Morgan fingerprint density at radius 2 is 1.90 bits per heavy atom. The van der Waals surface area contributed by atoms with E-state index in [9.17, 15) is 4.79 Å². The van der Waals surface area contributed by atoms with Gasteiger partial charge in [-0.3, -0.25) is 0 Å². The summed E-state index contributed by atoms with van der Waals surface area (Å²) in [7, 11) is 0. The zero-order chi connectivity index (χ0) is 14.8. The number of nitrogens with zero attached hydrogens (tertiary/aromatic N) is 1. The Morgan fingerprint density at radius 1 is 1.25 bits per heavy atom. The molecule has 0 radical (unpaired) electrons. The maximum absolute atomic E-state index is 12.0. The van der Waals surface area contributed by atoms with E-state index in [1.54, 1.807) is 4.90 Å². The molecule has 1 heterocycles. The number of carbonyl (C=O) groups excluding carboxylic acids is 1. The van der Waals surface area contributed by atoms with Gasteiger partial charge in [0.25, 0.3) is 0 Å². The van der Waals surface area contributed by atoms with Crippen molar-refractivity contribution in [1.29, 1.82) is 0 Å². The maximum Gasteiger partial charge on any atom is 0.415 e. The Labute approximate surface area is 125 Å². The molecule has 1 aromatic carbocycles. The lowest BCUT2D eigenvalue weighted by Gasteiger charge is -2.19. The first-order chi connectivity index (χ1) is 9.35. The Hall–Kier alpha value is -1.16. The molecule has 0 aliphatic carbocycles. The molecular weight excluding hydrogens is 270 g/mol. The molecule has 0 aromatic heterocycles. The molecule has 1 fully saturated rings. The largest absolute Gasteiger partial charge is 0.415 e. The van der Waals surface area contributed by atoms with Gasteiger partial charge in [-0.1, -0.05) is 20.8 Å². The Kier molecular flexibility index (Phi) is 4.63. The third-order valence-electron chi connectivity index (χ3n) is 3.13. The summed E-state index contributed by atoms with van der Waals surface area (Å²) in [6.07, 6.45) is 1.94. The molecule has 1 aliphatic rings. The molecule has 3 nitrogen and oxygen atoms in total. The highest BCUT2D eigenvalue weighted by molar-refractivity contribution is 8.00. The monoisotopic (exact) mass is 293 g/mol. The van der Waals surface area contributed by atoms with Crippen molar-refractivity contribution in [2.45, 2.75) is 50.2 Å². The number of aryl methyl sites for hydroxylation is 1. The van der Waals surface area contributed by atoms with Gasteiger partial charge < -0.3 is 9.64 Å². The third-order valence-corrected chi connectivity index (χ3v) is 4.23. The quantitative estimate of drug-likeness (QED) is 0.753. The van der Waals surface area contributed by atoms with E-state index in [0.717, 1.165) is 31.5 Å². The summed E-state index contributed by atoms with van der Waals surface area (Å²) in [5, 5.41) is 0. The first-order valence-corrected chi connectivity index (χ1v) is 7.93. The third kappa shape index (κ3) is 4.17. The highest BCUT2D eigenvalue weighted by Gasteiger charge is 2.20. The SMILES string of the molecule is Cc1cc(SC(C)(C)C)ccc1OC(=O)N1CCCC1. The van der Waals surface area contributed by atoms with Crippen molar-refractivity contribution < 1.29 is 9.53 Å². The van der Waals surface area contributed by atoms with Gasteiger partial charge in [-0.2, -0.15) is 0 Å². The van der Waals surface area contributed by atoms with E-state index in [-0.39, 0.29) is 10.8 Å². The number of benzene rings is 1. The summed E-state index contributed by atoms with van der Waals surface area (Å²) in [4.78, 5) is 15.0. The lowest BCUT2D eigenvalue weighted by Crippen LogP contribution is -2.30. The second-order valence-electron chi connectivity index (χ2n) is 6.20. The Balaban J connectivity index is 2.04. The van der Waals surface area contributed by atoms with E-state index in [1.807, 2.05) is 30.8 Å². The molecule has 0 spiro atoms. The number of likely N-dealkylation sites (tertiary alicyclic amines) is 1. The number of ether oxygens (including phenoxy) is 1. The number of hydrogen-bond acceptors (Lipinski definition) is 3. The van der Waals surface area contributed by atoms with Crippen LogP contribution in [0.25, 0.3) is 0 Å². The van der Waals surface area contributed by atoms with Crippen LogP contribution < -0.4 is 4.74 Å². The predicted molar refractivity (Wildman–Crippen MR) is 83.6 cm³/mol. The zero-order valence-corrected chi connectivity index (χ0v) is 13.5. The molecule has 2 rings (SSSR count). The van der Waals surface area contributed by atoms with Crippen LogP contribution in [-0.4, -0.2) is 28.8 Å². The number of rotatable bonds is 2. The molecule has 1 amide bonds. The van der Waals surface area contributed by atoms with Crippen LogP contribution in [0.1, 0.15) is 39.2 Å². The van der Waals surface area contributed by atoms with Crippen LogP contribution in [0.5, 0.6) is 5.75 Å². The number of amides is 1. The fraction of sp³-hybridized carbons (Fsp3) is 0.562. The first-order valence-electron chi connectivity index (χ1n) is 7.11. The normalized spacial score (nSPS) is 15.5. The zero-order valence-electron chi connectivity index (χ0n) is 12.7. The van der Waals surface area contributed by atoms with Crippen LogP contribution in [0.15, 0.2) is 23.1 Å². The van der Waals surface area contributed by atoms with Crippen LogP contribution in [0.2, 0.25) is 0 Å². The topological polar surface area (TPSA) is 29.5 Å². The predicted octanol–water partition coefficient (Wildman–Crippen LogP) is 4.48. The highest BCUT2D eigenvalue weighted by Crippen LogP contribution is 2.34. The molecule has 1 saturated heterocycles. The van der Waals surface area contributed by atoms with Gasteiger partial charge in [0.05, 0.1) is 0 Å². The molecule has 110 valence electrons. The molecule has 0 N–H and O–H groups in total. The summed E-state index contributed by atoms with van der Waals surface area (Å²) >= 11 is 1.82. The summed E-state index contributed by atoms with van der Waals surface area (Å²) < 4.78 is 5.67. The van der Waals surface area contributed by atoms with Gasteiger partial charge in [-0.15, -0.1) is 11.8 Å². The van der Waals surface area contributed by atoms with E-state index >= 15 is 0 Å². The fourth-order valence-electron chi connectivity index (χ4n) is 2.21. The smallest absolute Gasteiger partial charge is 0.410 e. The van der Waals surface area contributed by atoms with Gasteiger partial charge in [-0.25, -0.2) is 4.79 Å². The van der Waals surface area contributed by atoms with Gasteiger partial charge in [0.15, 0.2) is 0 Å². The molecule has 0 atom stereocenters. The van der Waals surface area contributed by atoms with Crippen molar-refractivity contribution in [2.24, 2.45) is 0 Å². The molecule has 4 heteroatoms. The average molecular weight is 293 g/mol. The van der Waals surface area contributed by atoms with Crippen molar-refractivity contribution in [3.05, 3.63) is 23.8 Å². The van der Waals surface area contributed by atoms with Gasteiger partial charge >= 0.3 is 6.09 Å². The lowest BCUT2D eigenvalue weighted by molar-refractivity contribution is 0.162. The number of hydrogen-bond donors (Lipinski definition) is 0. The van der Waals surface area contributed by atoms with Gasteiger partial charge in [0, 0.05) is 22.7 Å². The minimum atomic E-state index is -0.221. The second-order valence-corrected chi connectivity index (χ2v) is 8.10. The van der Waals surface area contributed by atoms with Crippen LogP contribution >= 0.6 is 11.8 Å². The van der Waals surface area contributed by atoms with E-state index in [2.05, 4.69) is 26.8 Å². The molecular formula is C16H23NO2S. The summed E-state index contributed by atoms with van der Waals surface area (Å²) in [6.45, 7) is 10.2. The van der Waals surface area contributed by atoms with Crippen molar-refractivity contribution in [3.8, 4) is 5.75 Å². The van der Waals surface area contributed by atoms with Crippen molar-refractivity contribution in [1.82, 2.24) is 4.90 Å². The van der Waals surface area contributed by atoms with Crippen LogP contribution in [0.3, 0.4) is 0 Å². The second kappa shape index (κ2) is 6.08. The van der Waals surface area contributed by atoms with E-state index in [0.29, 0.717) is 5.75 Å². The minimum absolute atomic E-state index is 0.181. The lowest BCUT2D eigenvalue weighted by atomic mass is 10.2. The van der Waals surface area contributed by atoms with Crippen molar-refractivity contribution in [3.63, 3.8) is 0 Å². The van der Waals surface area contributed by atoms with E-state index in [4.69, 9.17) is 4.74 Å². The van der Waals surface area contributed by atoms with Crippen molar-refractivity contribution >= 4 is 17.9 Å². The van der Waals surface area contributed by atoms with Gasteiger partial charge in [-0.05, 0) is 43.5 Å². The fourth-order valence-corrected chi connectivity index (χ4v) is 3.29. The number of carbonyl (C=O) groups is 1. The summed E-state index contributed by atoms with van der Waals surface area (Å²) in [5.41, 5.74) is 1.01. The molecule has 1 aromatic rings. The van der Waals surface area contributed by atoms with Gasteiger partial charge in [0.1, 0.15) is 5.75 Å².